The summed E-state index contributed by atoms with van der Waals surface area (Å²) in [6.07, 6.45) is 8.71. The third-order valence-corrected chi connectivity index (χ3v) is 6.15. The van der Waals surface area contributed by atoms with Crippen molar-refractivity contribution < 1.29 is 4.79 Å². The van der Waals surface area contributed by atoms with Crippen molar-refractivity contribution in [1.29, 1.82) is 5.26 Å². The van der Waals surface area contributed by atoms with Crippen LogP contribution in [-0.4, -0.2) is 30.4 Å². The molecular weight excluding hydrogens is 318 g/mol. The van der Waals surface area contributed by atoms with E-state index < -0.39 is 0 Å². The van der Waals surface area contributed by atoms with E-state index in [0.29, 0.717) is 12.0 Å². The Morgan fingerprint density at radius 1 is 1.33 bits per heavy atom. The molecule has 0 atom stereocenters. The van der Waals surface area contributed by atoms with Gasteiger partial charge in [-0.3, -0.25) is 4.79 Å². The molecule has 24 heavy (non-hydrogen) atoms. The highest BCUT2D eigenvalue weighted by Gasteiger charge is 2.25. The Morgan fingerprint density at radius 3 is 2.83 bits per heavy atom. The fourth-order valence-electron chi connectivity index (χ4n) is 3.50. The number of nitrogens with zero attached hydrogens (tertiary/aromatic N) is 2. The van der Waals surface area contributed by atoms with Crippen LogP contribution in [0.3, 0.4) is 0 Å². The first-order valence-electron chi connectivity index (χ1n) is 9.28. The number of nitriles is 1. The normalized spacial score (nSPS) is 16.7. The molecule has 3 rings (SSSR count). The molecule has 5 heteroatoms. The maximum absolute atomic E-state index is 12.4. The van der Waals surface area contributed by atoms with Crippen molar-refractivity contribution in [1.82, 2.24) is 4.90 Å². The first kappa shape index (κ1) is 17.4. The van der Waals surface area contributed by atoms with Crippen LogP contribution in [0.15, 0.2) is 0 Å². The third-order valence-electron chi connectivity index (χ3n) is 4.94. The zero-order chi connectivity index (χ0) is 16.9. The predicted octanol–water partition coefficient (Wildman–Crippen LogP) is 3.95. The first-order valence-corrected chi connectivity index (χ1v) is 10.1. The Bertz CT molecular complexity index is 627. The van der Waals surface area contributed by atoms with E-state index in [1.54, 1.807) is 11.3 Å². The van der Waals surface area contributed by atoms with Crippen LogP contribution in [0.2, 0.25) is 0 Å². The van der Waals surface area contributed by atoms with Crippen molar-refractivity contribution in [2.24, 2.45) is 5.92 Å². The number of hydrogen-bond acceptors (Lipinski definition) is 4. The smallest absolute Gasteiger partial charge is 0.226 e. The summed E-state index contributed by atoms with van der Waals surface area (Å²) in [5.74, 6) is 0.899. The summed E-state index contributed by atoms with van der Waals surface area (Å²) < 4.78 is 0. The minimum Gasteiger partial charge on any atom is -0.317 e. The lowest BCUT2D eigenvalue weighted by Crippen LogP contribution is -2.30. The van der Waals surface area contributed by atoms with E-state index in [1.807, 2.05) is 0 Å². The minimum absolute atomic E-state index is 0.0435. The van der Waals surface area contributed by atoms with E-state index in [4.69, 9.17) is 0 Å². The van der Waals surface area contributed by atoms with Crippen LogP contribution in [0.1, 0.15) is 61.5 Å². The Morgan fingerprint density at radius 2 is 2.12 bits per heavy atom. The molecule has 1 saturated carbocycles. The average Bonchev–Trinajstić information content (AvgIpc) is 3.32. The lowest BCUT2D eigenvalue weighted by molar-refractivity contribution is -0.116. The van der Waals surface area contributed by atoms with E-state index in [1.165, 1.54) is 29.7 Å². The highest BCUT2D eigenvalue weighted by molar-refractivity contribution is 7.16. The second kappa shape index (κ2) is 8.13. The SMILES string of the molecule is CCCN(CCC(=O)Nc1sc2c(c1C#N)CCCC2)CC1CC1. The summed E-state index contributed by atoms with van der Waals surface area (Å²) >= 11 is 1.61. The zero-order valence-electron chi connectivity index (χ0n) is 14.6. The molecule has 1 heterocycles. The lowest BCUT2D eigenvalue weighted by Gasteiger charge is -2.21. The summed E-state index contributed by atoms with van der Waals surface area (Å²) in [5, 5.41) is 13.3. The van der Waals surface area contributed by atoms with Gasteiger partial charge >= 0.3 is 0 Å². The van der Waals surface area contributed by atoms with E-state index in [9.17, 15) is 10.1 Å². The summed E-state index contributed by atoms with van der Waals surface area (Å²) in [4.78, 5) is 16.1. The van der Waals surface area contributed by atoms with Crippen molar-refractivity contribution in [3.8, 4) is 6.07 Å². The second-order valence-corrected chi connectivity index (χ2v) is 8.17. The van der Waals surface area contributed by atoms with Gasteiger partial charge < -0.3 is 10.2 Å². The number of aryl methyl sites for hydroxylation is 1. The van der Waals surface area contributed by atoms with Crippen LogP contribution in [-0.2, 0) is 17.6 Å². The molecule has 1 aromatic heterocycles. The molecular formula is C19H27N3OS. The molecule has 4 nitrogen and oxygen atoms in total. The van der Waals surface area contributed by atoms with Crippen molar-refractivity contribution in [3.63, 3.8) is 0 Å². The molecule has 130 valence electrons. The van der Waals surface area contributed by atoms with Crippen LogP contribution < -0.4 is 5.32 Å². The van der Waals surface area contributed by atoms with Crippen LogP contribution >= 0.6 is 11.3 Å². The second-order valence-electron chi connectivity index (χ2n) is 7.07. The van der Waals surface area contributed by atoms with Gasteiger partial charge in [-0.15, -0.1) is 11.3 Å². The van der Waals surface area contributed by atoms with Crippen LogP contribution in [0.25, 0.3) is 0 Å². The highest BCUT2D eigenvalue weighted by atomic mass is 32.1. The number of carbonyl (C=O) groups is 1. The minimum atomic E-state index is 0.0435. The predicted molar refractivity (Wildman–Crippen MR) is 98.4 cm³/mol. The molecule has 2 aliphatic carbocycles. The molecule has 0 saturated heterocycles. The molecule has 0 radical (unpaired) electrons. The van der Waals surface area contributed by atoms with E-state index >= 15 is 0 Å². The van der Waals surface area contributed by atoms with Crippen LogP contribution in [0.5, 0.6) is 0 Å². The number of thiophene rings is 1. The van der Waals surface area contributed by atoms with E-state index in [-0.39, 0.29) is 5.91 Å². The van der Waals surface area contributed by atoms with Crippen LogP contribution in [0, 0.1) is 17.2 Å². The zero-order valence-corrected chi connectivity index (χ0v) is 15.4. The van der Waals surface area contributed by atoms with Crippen LogP contribution in [0.4, 0.5) is 5.00 Å². The Balaban J connectivity index is 1.56. The largest absolute Gasteiger partial charge is 0.317 e. The van der Waals surface area contributed by atoms with Gasteiger partial charge in [0.2, 0.25) is 5.91 Å². The van der Waals surface area contributed by atoms with Crippen molar-refractivity contribution >= 4 is 22.2 Å². The summed E-state index contributed by atoms with van der Waals surface area (Å²) in [7, 11) is 0. The maximum atomic E-state index is 12.4. The Labute approximate surface area is 148 Å². The summed E-state index contributed by atoms with van der Waals surface area (Å²) in [6.45, 7) is 5.22. The summed E-state index contributed by atoms with van der Waals surface area (Å²) in [5.41, 5.74) is 1.90. The molecule has 1 N–H and O–H groups in total. The Kier molecular flexibility index (Phi) is 5.91. The van der Waals surface area contributed by atoms with Gasteiger partial charge in [0, 0.05) is 24.4 Å². The number of hydrogen-bond donors (Lipinski definition) is 1. The number of nitrogens with one attached hydrogen (secondary N) is 1. The lowest BCUT2D eigenvalue weighted by atomic mass is 9.96. The third kappa shape index (κ3) is 4.37. The molecule has 0 aromatic carbocycles. The monoisotopic (exact) mass is 345 g/mol. The van der Waals surface area contributed by atoms with E-state index in [2.05, 4.69) is 23.2 Å². The van der Waals surface area contributed by atoms with Gasteiger partial charge in [-0.2, -0.15) is 5.26 Å². The molecule has 0 bridgehead atoms. The van der Waals surface area contributed by atoms with E-state index in [0.717, 1.165) is 56.2 Å². The number of amides is 1. The molecule has 1 fully saturated rings. The first-order chi connectivity index (χ1) is 11.7. The number of rotatable bonds is 8. The highest BCUT2D eigenvalue weighted by Crippen LogP contribution is 2.37. The fraction of sp³-hybridized carbons (Fsp3) is 0.684. The maximum Gasteiger partial charge on any atom is 0.226 e. The molecule has 2 aliphatic rings. The van der Waals surface area contributed by atoms with Gasteiger partial charge in [0.05, 0.1) is 5.56 Å². The number of anilines is 1. The van der Waals surface area contributed by atoms with Crippen molar-refractivity contribution in [2.45, 2.75) is 58.3 Å². The summed E-state index contributed by atoms with van der Waals surface area (Å²) in [6, 6.07) is 2.31. The van der Waals surface area contributed by atoms with Gasteiger partial charge in [0.15, 0.2) is 0 Å². The molecule has 0 unspecified atom stereocenters. The van der Waals surface area contributed by atoms with Gasteiger partial charge in [0.1, 0.15) is 11.1 Å². The van der Waals surface area contributed by atoms with Gasteiger partial charge in [-0.1, -0.05) is 6.92 Å². The topological polar surface area (TPSA) is 56.1 Å². The number of carbonyl (C=O) groups excluding carboxylic acids is 1. The molecule has 0 spiro atoms. The fourth-order valence-corrected chi connectivity index (χ4v) is 4.75. The van der Waals surface area contributed by atoms with Crippen molar-refractivity contribution in [3.05, 3.63) is 16.0 Å². The van der Waals surface area contributed by atoms with Gasteiger partial charge in [-0.25, -0.2) is 0 Å². The molecule has 1 amide bonds. The van der Waals surface area contributed by atoms with Gasteiger partial charge in [0.25, 0.3) is 0 Å². The Hall–Kier alpha value is -1.38. The quantitative estimate of drug-likeness (QED) is 0.776. The van der Waals surface area contributed by atoms with Gasteiger partial charge in [-0.05, 0) is 63.0 Å². The standard InChI is InChI=1S/C19H27N3OS/c1-2-10-22(13-14-7-8-14)11-9-18(23)21-19-16(12-20)15-5-3-4-6-17(15)24-19/h14H,2-11,13H2,1H3,(H,21,23). The molecule has 1 aromatic rings. The average molecular weight is 346 g/mol. The van der Waals surface area contributed by atoms with Crippen molar-refractivity contribution in [2.75, 3.05) is 25.0 Å². The molecule has 0 aliphatic heterocycles. The number of fused-ring (bicyclic) bond motifs is 1.